The lowest BCUT2D eigenvalue weighted by atomic mass is 10.2. The third-order valence-corrected chi connectivity index (χ3v) is 4.11. The summed E-state index contributed by atoms with van der Waals surface area (Å²) in [6.07, 6.45) is 1.10. The molecule has 0 amide bonds. The van der Waals surface area contributed by atoms with E-state index in [1.54, 1.807) is 14.2 Å². The van der Waals surface area contributed by atoms with E-state index in [0.717, 1.165) is 35.9 Å². The molecule has 0 aliphatic rings. The van der Waals surface area contributed by atoms with Crippen molar-refractivity contribution in [1.82, 2.24) is 0 Å². The second-order valence-electron chi connectivity index (χ2n) is 4.54. The first-order chi connectivity index (χ1) is 10.3. The predicted octanol–water partition coefficient (Wildman–Crippen LogP) is 4.30. The minimum atomic E-state index is 0.801. The van der Waals surface area contributed by atoms with Gasteiger partial charge in [-0.3, -0.25) is 0 Å². The fraction of sp³-hybridized carbons (Fsp3) is 0.294. The highest BCUT2D eigenvalue weighted by molar-refractivity contribution is 7.99. The number of rotatable bonds is 8. The van der Waals surface area contributed by atoms with E-state index in [0.29, 0.717) is 0 Å². The summed E-state index contributed by atoms with van der Waals surface area (Å²) >= 11 is 1.88. The van der Waals surface area contributed by atoms with Crippen molar-refractivity contribution >= 4 is 17.4 Å². The highest BCUT2D eigenvalue weighted by Gasteiger charge is 2.01. The van der Waals surface area contributed by atoms with E-state index in [4.69, 9.17) is 9.47 Å². The number of hydrogen-bond acceptors (Lipinski definition) is 4. The van der Waals surface area contributed by atoms with E-state index in [1.807, 2.05) is 36.0 Å². The number of thioether (sulfide) groups is 1. The molecule has 0 heterocycles. The van der Waals surface area contributed by atoms with Crippen molar-refractivity contribution in [2.45, 2.75) is 11.3 Å². The molecule has 0 saturated heterocycles. The lowest BCUT2D eigenvalue weighted by Crippen LogP contribution is -2.03. The fourth-order valence-corrected chi connectivity index (χ4v) is 2.80. The Morgan fingerprint density at radius 2 is 1.62 bits per heavy atom. The average Bonchev–Trinajstić information content (AvgIpc) is 2.55. The first-order valence-corrected chi connectivity index (χ1v) is 7.95. The molecule has 0 saturated carbocycles. The van der Waals surface area contributed by atoms with E-state index in [1.165, 1.54) is 4.90 Å². The molecule has 0 spiro atoms. The van der Waals surface area contributed by atoms with Crippen molar-refractivity contribution in [3.8, 4) is 11.5 Å². The number of ether oxygens (including phenoxy) is 2. The van der Waals surface area contributed by atoms with Crippen LogP contribution in [0.3, 0.4) is 0 Å². The van der Waals surface area contributed by atoms with Crippen LogP contribution in [0.25, 0.3) is 0 Å². The quantitative estimate of drug-likeness (QED) is 0.582. The van der Waals surface area contributed by atoms with Crippen molar-refractivity contribution in [2.24, 2.45) is 0 Å². The van der Waals surface area contributed by atoms with Crippen LogP contribution in [0, 0.1) is 0 Å². The van der Waals surface area contributed by atoms with Crippen molar-refractivity contribution in [3.05, 3.63) is 48.5 Å². The zero-order valence-electron chi connectivity index (χ0n) is 12.5. The average molecular weight is 303 g/mol. The maximum Gasteiger partial charge on any atom is 0.124 e. The summed E-state index contributed by atoms with van der Waals surface area (Å²) in [6, 6.07) is 16.3. The highest BCUT2D eigenvalue weighted by Crippen LogP contribution is 2.25. The lowest BCUT2D eigenvalue weighted by Gasteiger charge is -2.10. The van der Waals surface area contributed by atoms with E-state index in [9.17, 15) is 0 Å². The molecule has 3 nitrogen and oxygen atoms in total. The van der Waals surface area contributed by atoms with Gasteiger partial charge >= 0.3 is 0 Å². The molecule has 0 fully saturated rings. The second-order valence-corrected chi connectivity index (χ2v) is 5.71. The smallest absolute Gasteiger partial charge is 0.124 e. The summed E-state index contributed by atoms with van der Waals surface area (Å²) in [5.41, 5.74) is 1.02. The first kappa shape index (κ1) is 15.6. The van der Waals surface area contributed by atoms with E-state index < -0.39 is 0 Å². The SMILES string of the molecule is COc1cc(NCCCSc2ccccc2)cc(OC)c1. The molecule has 0 atom stereocenters. The van der Waals surface area contributed by atoms with E-state index in [-0.39, 0.29) is 0 Å². The first-order valence-electron chi connectivity index (χ1n) is 6.96. The summed E-state index contributed by atoms with van der Waals surface area (Å²) in [6.45, 7) is 0.927. The molecule has 0 radical (unpaired) electrons. The molecule has 21 heavy (non-hydrogen) atoms. The zero-order valence-corrected chi connectivity index (χ0v) is 13.3. The monoisotopic (exact) mass is 303 g/mol. The number of benzene rings is 2. The van der Waals surface area contributed by atoms with Gasteiger partial charge in [0.15, 0.2) is 0 Å². The molecule has 0 aromatic heterocycles. The fourth-order valence-electron chi connectivity index (χ4n) is 1.92. The number of hydrogen-bond donors (Lipinski definition) is 1. The lowest BCUT2D eigenvalue weighted by molar-refractivity contribution is 0.394. The second kappa shape index (κ2) is 8.47. The molecule has 2 rings (SSSR count). The van der Waals surface area contributed by atoms with Crippen LogP contribution in [0.1, 0.15) is 6.42 Å². The Morgan fingerprint density at radius 3 is 2.24 bits per heavy atom. The summed E-state index contributed by atoms with van der Waals surface area (Å²) in [5, 5.41) is 3.41. The number of nitrogens with one attached hydrogen (secondary N) is 1. The molecule has 2 aromatic rings. The van der Waals surface area contributed by atoms with Crippen LogP contribution >= 0.6 is 11.8 Å². The van der Waals surface area contributed by atoms with Crippen LogP contribution in [0.15, 0.2) is 53.4 Å². The minimum Gasteiger partial charge on any atom is -0.497 e. The Labute approximate surface area is 130 Å². The molecule has 2 aromatic carbocycles. The predicted molar refractivity (Wildman–Crippen MR) is 89.8 cm³/mol. The molecule has 4 heteroatoms. The molecule has 0 aliphatic carbocycles. The van der Waals surface area contributed by atoms with Gasteiger partial charge in [0.05, 0.1) is 14.2 Å². The highest BCUT2D eigenvalue weighted by atomic mass is 32.2. The molecule has 0 unspecified atom stereocenters. The molecule has 0 aliphatic heterocycles. The standard InChI is InChI=1S/C17H21NO2S/c1-19-15-11-14(12-16(13-15)20-2)18-9-6-10-21-17-7-4-3-5-8-17/h3-5,7-8,11-13,18H,6,9-10H2,1-2H3. The summed E-state index contributed by atoms with van der Waals surface area (Å²) in [7, 11) is 3.32. The van der Waals surface area contributed by atoms with Gasteiger partial charge in [0.25, 0.3) is 0 Å². The summed E-state index contributed by atoms with van der Waals surface area (Å²) < 4.78 is 10.5. The van der Waals surface area contributed by atoms with Gasteiger partial charge in [-0.2, -0.15) is 0 Å². The molecule has 0 bridgehead atoms. The summed E-state index contributed by atoms with van der Waals surface area (Å²) in [5.74, 6) is 2.70. The third kappa shape index (κ3) is 5.23. The van der Waals surface area contributed by atoms with Gasteiger partial charge in [-0.25, -0.2) is 0 Å². The van der Waals surface area contributed by atoms with Crippen LogP contribution in [0.5, 0.6) is 11.5 Å². The zero-order chi connectivity index (χ0) is 14.9. The summed E-state index contributed by atoms with van der Waals surface area (Å²) in [4.78, 5) is 1.32. The Kier molecular flexibility index (Phi) is 6.28. The van der Waals surface area contributed by atoms with Crippen LogP contribution < -0.4 is 14.8 Å². The van der Waals surface area contributed by atoms with Crippen LogP contribution in [0.4, 0.5) is 5.69 Å². The van der Waals surface area contributed by atoms with Crippen molar-refractivity contribution < 1.29 is 9.47 Å². The van der Waals surface area contributed by atoms with Gasteiger partial charge in [0.2, 0.25) is 0 Å². The third-order valence-electron chi connectivity index (χ3n) is 3.01. The van der Waals surface area contributed by atoms with Gasteiger partial charge in [0.1, 0.15) is 11.5 Å². The molecular weight excluding hydrogens is 282 g/mol. The van der Waals surface area contributed by atoms with Crippen LogP contribution in [0.2, 0.25) is 0 Å². The maximum absolute atomic E-state index is 5.26. The Hall–Kier alpha value is -1.81. The van der Waals surface area contributed by atoms with Crippen molar-refractivity contribution in [3.63, 3.8) is 0 Å². The van der Waals surface area contributed by atoms with Crippen molar-refractivity contribution in [2.75, 3.05) is 31.8 Å². The van der Waals surface area contributed by atoms with E-state index in [2.05, 4.69) is 29.6 Å². The van der Waals surface area contributed by atoms with Gasteiger partial charge < -0.3 is 14.8 Å². The van der Waals surface area contributed by atoms with Gasteiger partial charge in [0, 0.05) is 35.3 Å². The maximum atomic E-state index is 5.26. The molecule has 1 N–H and O–H groups in total. The number of methoxy groups -OCH3 is 2. The largest absolute Gasteiger partial charge is 0.497 e. The van der Waals surface area contributed by atoms with Gasteiger partial charge in [-0.05, 0) is 24.3 Å². The normalized spacial score (nSPS) is 10.2. The minimum absolute atomic E-state index is 0.801. The Balaban J connectivity index is 1.75. The topological polar surface area (TPSA) is 30.5 Å². The molecular formula is C17H21NO2S. The van der Waals surface area contributed by atoms with Gasteiger partial charge in [-0.1, -0.05) is 18.2 Å². The molecule has 112 valence electrons. The number of anilines is 1. The van der Waals surface area contributed by atoms with Crippen LogP contribution in [-0.2, 0) is 0 Å². The Morgan fingerprint density at radius 1 is 0.952 bits per heavy atom. The Bertz CT molecular complexity index is 523. The van der Waals surface area contributed by atoms with Gasteiger partial charge in [-0.15, -0.1) is 11.8 Å². The van der Waals surface area contributed by atoms with Crippen LogP contribution in [-0.4, -0.2) is 26.5 Å². The van der Waals surface area contributed by atoms with E-state index >= 15 is 0 Å². The van der Waals surface area contributed by atoms with Crippen molar-refractivity contribution in [1.29, 1.82) is 0 Å².